The molecule has 2 aliphatic carbocycles. The summed E-state index contributed by atoms with van der Waals surface area (Å²) in [5.74, 6) is 2.70. The second-order valence-corrected chi connectivity index (χ2v) is 11.3. The second kappa shape index (κ2) is 14.4. The standard InChI is InChI=1S/C34H44N2O4/c1-38-31-22-21-26(25-32(31)40-24-14-5-4-13-23-39-28-17-9-6-10-18-28)33-29-19-11-12-20-30(29)34(37)36(35-33)27-15-7-2-3-8-16-27/h6,9-12,17-18,21-22,25,27,29-30H,2-5,7-8,13-16,19-20,23-24H2,1H3/t29-,30+/m1/s1. The molecule has 0 N–H and O–H groups in total. The number of benzene rings is 2. The first kappa shape index (κ1) is 28.3. The number of nitrogens with zero attached hydrogens (tertiary/aromatic N) is 2. The lowest BCUT2D eigenvalue weighted by molar-refractivity contribution is -0.140. The Morgan fingerprint density at radius 1 is 0.800 bits per heavy atom. The summed E-state index contributed by atoms with van der Waals surface area (Å²) in [5, 5.41) is 6.97. The maximum absolute atomic E-state index is 13.6. The minimum atomic E-state index is -0.0295. The second-order valence-electron chi connectivity index (χ2n) is 11.3. The molecule has 6 heteroatoms. The van der Waals surface area contributed by atoms with Crippen LogP contribution in [-0.2, 0) is 4.79 Å². The number of carbonyl (C=O) groups excluding carboxylic acids is 1. The van der Waals surface area contributed by atoms with Gasteiger partial charge in [0.1, 0.15) is 5.75 Å². The fraction of sp³-hybridized carbons (Fsp3) is 0.529. The summed E-state index contributed by atoms with van der Waals surface area (Å²) in [6.07, 6.45) is 17.2. The van der Waals surface area contributed by atoms with E-state index in [2.05, 4.69) is 24.3 Å². The summed E-state index contributed by atoms with van der Waals surface area (Å²) >= 11 is 0. The molecule has 214 valence electrons. The van der Waals surface area contributed by atoms with Crippen molar-refractivity contribution < 1.29 is 19.0 Å². The minimum Gasteiger partial charge on any atom is -0.494 e. The Morgan fingerprint density at radius 3 is 2.23 bits per heavy atom. The molecule has 5 rings (SSSR count). The fourth-order valence-electron chi connectivity index (χ4n) is 6.23. The number of rotatable bonds is 12. The predicted octanol–water partition coefficient (Wildman–Crippen LogP) is 7.56. The van der Waals surface area contributed by atoms with Crippen LogP contribution in [0.5, 0.6) is 17.2 Å². The molecule has 1 fully saturated rings. The van der Waals surface area contributed by atoms with Crippen LogP contribution in [0, 0.1) is 11.8 Å². The monoisotopic (exact) mass is 544 g/mol. The van der Waals surface area contributed by atoms with Crippen molar-refractivity contribution in [1.29, 1.82) is 0 Å². The lowest BCUT2D eigenvalue weighted by atomic mass is 9.76. The van der Waals surface area contributed by atoms with Gasteiger partial charge in [-0.15, -0.1) is 0 Å². The van der Waals surface area contributed by atoms with E-state index in [1.807, 2.05) is 41.4 Å². The number of fused-ring (bicyclic) bond motifs is 1. The van der Waals surface area contributed by atoms with Crippen LogP contribution < -0.4 is 14.2 Å². The molecule has 1 saturated carbocycles. The summed E-state index contributed by atoms with van der Waals surface area (Å²) in [6.45, 7) is 1.37. The molecule has 1 amide bonds. The Hall–Kier alpha value is -3.28. The number of hydrazone groups is 1. The quantitative estimate of drug-likeness (QED) is 0.157. The van der Waals surface area contributed by atoms with Crippen LogP contribution in [0.15, 0.2) is 65.8 Å². The zero-order chi connectivity index (χ0) is 27.6. The Labute approximate surface area is 239 Å². The molecular weight excluding hydrogens is 500 g/mol. The summed E-state index contributed by atoms with van der Waals surface area (Å²) in [6, 6.07) is 16.3. The minimum absolute atomic E-state index is 0.0295. The zero-order valence-electron chi connectivity index (χ0n) is 23.9. The molecule has 0 radical (unpaired) electrons. The number of carbonyl (C=O) groups is 1. The molecule has 1 aliphatic heterocycles. The molecule has 2 aromatic carbocycles. The maximum atomic E-state index is 13.6. The van der Waals surface area contributed by atoms with Gasteiger partial charge in [0.25, 0.3) is 0 Å². The Bertz CT molecular complexity index is 1150. The van der Waals surface area contributed by atoms with Crippen LogP contribution >= 0.6 is 0 Å². The van der Waals surface area contributed by atoms with Crippen LogP contribution in [0.1, 0.15) is 82.6 Å². The average Bonchev–Trinajstić information content (AvgIpc) is 3.29. The summed E-state index contributed by atoms with van der Waals surface area (Å²) in [4.78, 5) is 13.6. The van der Waals surface area contributed by atoms with E-state index in [0.717, 1.165) is 86.5 Å². The Morgan fingerprint density at radius 2 is 1.50 bits per heavy atom. The number of amides is 1. The molecule has 0 spiro atoms. The smallest absolute Gasteiger partial charge is 0.247 e. The van der Waals surface area contributed by atoms with Gasteiger partial charge in [0.05, 0.1) is 38.0 Å². The normalized spacial score (nSPS) is 21.4. The first-order valence-electron chi connectivity index (χ1n) is 15.3. The molecular formula is C34H44N2O4. The summed E-state index contributed by atoms with van der Waals surface area (Å²) in [5.41, 5.74) is 2.05. The molecule has 40 heavy (non-hydrogen) atoms. The molecule has 2 atom stereocenters. The molecule has 0 unspecified atom stereocenters. The third kappa shape index (κ3) is 7.07. The molecule has 3 aliphatic rings. The first-order valence-corrected chi connectivity index (χ1v) is 15.3. The van der Waals surface area contributed by atoms with E-state index in [4.69, 9.17) is 19.3 Å². The van der Waals surface area contributed by atoms with Crippen LogP contribution in [-0.4, -0.2) is 43.0 Å². The van der Waals surface area contributed by atoms with Gasteiger partial charge < -0.3 is 14.2 Å². The third-order valence-electron chi connectivity index (χ3n) is 8.48. The van der Waals surface area contributed by atoms with Crippen LogP contribution in [0.3, 0.4) is 0 Å². The average molecular weight is 545 g/mol. The van der Waals surface area contributed by atoms with E-state index in [9.17, 15) is 4.79 Å². The van der Waals surface area contributed by atoms with Gasteiger partial charge in [-0.3, -0.25) is 4.79 Å². The number of para-hydroxylation sites is 1. The zero-order valence-corrected chi connectivity index (χ0v) is 23.9. The Kier molecular flexibility index (Phi) is 10.2. The maximum Gasteiger partial charge on any atom is 0.247 e. The number of ether oxygens (including phenoxy) is 3. The van der Waals surface area contributed by atoms with E-state index in [1.165, 1.54) is 25.7 Å². The number of hydrogen-bond donors (Lipinski definition) is 0. The van der Waals surface area contributed by atoms with Crippen molar-refractivity contribution in [1.82, 2.24) is 5.01 Å². The summed E-state index contributed by atoms with van der Waals surface area (Å²) < 4.78 is 17.7. The topological polar surface area (TPSA) is 60.4 Å². The molecule has 1 heterocycles. The van der Waals surface area contributed by atoms with E-state index in [-0.39, 0.29) is 23.8 Å². The van der Waals surface area contributed by atoms with Crippen LogP contribution in [0.4, 0.5) is 0 Å². The van der Waals surface area contributed by atoms with Crippen molar-refractivity contribution in [2.45, 2.75) is 83.1 Å². The van der Waals surface area contributed by atoms with E-state index in [0.29, 0.717) is 6.61 Å². The van der Waals surface area contributed by atoms with Gasteiger partial charge in [-0.05, 0) is 81.7 Å². The van der Waals surface area contributed by atoms with Crippen molar-refractivity contribution in [3.05, 3.63) is 66.2 Å². The molecule has 2 aromatic rings. The number of hydrogen-bond acceptors (Lipinski definition) is 5. The highest BCUT2D eigenvalue weighted by molar-refractivity contribution is 6.07. The SMILES string of the molecule is COc1ccc(C2=NN(C3CCCCCC3)C(=O)[C@H]3CC=CC[C@@H]23)cc1OCCCCCCOc1ccccc1. The number of allylic oxidation sites excluding steroid dienone is 2. The molecule has 6 nitrogen and oxygen atoms in total. The highest BCUT2D eigenvalue weighted by Crippen LogP contribution is 2.39. The van der Waals surface area contributed by atoms with Gasteiger partial charge >= 0.3 is 0 Å². The first-order chi connectivity index (χ1) is 19.7. The summed E-state index contributed by atoms with van der Waals surface area (Å²) in [7, 11) is 1.68. The van der Waals surface area contributed by atoms with Gasteiger partial charge in [-0.25, -0.2) is 5.01 Å². The molecule has 0 saturated heterocycles. The van der Waals surface area contributed by atoms with E-state index < -0.39 is 0 Å². The Balaban J connectivity index is 1.22. The third-order valence-corrected chi connectivity index (χ3v) is 8.48. The van der Waals surface area contributed by atoms with Gasteiger partial charge in [0.15, 0.2) is 11.5 Å². The predicted molar refractivity (Wildman–Crippen MR) is 159 cm³/mol. The van der Waals surface area contributed by atoms with Crippen LogP contribution in [0.25, 0.3) is 0 Å². The van der Waals surface area contributed by atoms with Crippen molar-refractivity contribution in [2.24, 2.45) is 16.9 Å². The van der Waals surface area contributed by atoms with Crippen molar-refractivity contribution in [2.75, 3.05) is 20.3 Å². The highest BCUT2D eigenvalue weighted by atomic mass is 16.5. The van der Waals surface area contributed by atoms with E-state index in [1.54, 1.807) is 7.11 Å². The van der Waals surface area contributed by atoms with E-state index >= 15 is 0 Å². The highest BCUT2D eigenvalue weighted by Gasteiger charge is 2.42. The molecule has 0 aromatic heterocycles. The lowest BCUT2D eigenvalue weighted by Gasteiger charge is -2.40. The van der Waals surface area contributed by atoms with Gasteiger partial charge in [-0.1, -0.05) is 56.0 Å². The van der Waals surface area contributed by atoms with Gasteiger partial charge in [-0.2, -0.15) is 5.10 Å². The van der Waals surface area contributed by atoms with Crippen LogP contribution in [0.2, 0.25) is 0 Å². The van der Waals surface area contributed by atoms with Gasteiger partial charge in [0, 0.05) is 11.5 Å². The number of methoxy groups -OCH3 is 1. The van der Waals surface area contributed by atoms with Crippen molar-refractivity contribution in [3.63, 3.8) is 0 Å². The van der Waals surface area contributed by atoms with Crippen molar-refractivity contribution >= 4 is 11.6 Å². The number of unbranched alkanes of at least 4 members (excludes halogenated alkanes) is 3. The molecule has 0 bridgehead atoms. The van der Waals surface area contributed by atoms with Gasteiger partial charge in [0.2, 0.25) is 5.91 Å². The largest absolute Gasteiger partial charge is 0.494 e. The van der Waals surface area contributed by atoms with Crippen molar-refractivity contribution in [3.8, 4) is 17.2 Å². The lowest BCUT2D eigenvalue weighted by Crippen LogP contribution is -2.49. The fourth-order valence-corrected chi connectivity index (χ4v) is 6.23.